The molecule has 5 N–H and O–H groups in total. The van der Waals surface area contributed by atoms with Crippen LogP contribution in [0, 0.1) is 0 Å². The largest absolute Gasteiger partial charge is 0.399 e. The predicted octanol–water partition coefficient (Wildman–Crippen LogP) is -0.332. The van der Waals surface area contributed by atoms with Crippen molar-refractivity contribution in [1.29, 1.82) is 0 Å². The Bertz CT molecular complexity index is 306. The van der Waals surface area contributed by atoms with E-state index < -0.39 is 12.2 Å². The summed E-state index contributed by atoms with van der Waals surface area (Å²) in [5.41, 5.74) is 6.48. The van der Waals surface area contributed by atoms with Crippen molar-refractivity contribution >= 4 is 5.69 Å². The van der Waals surface area contributed by atoms with E-state index in [9.17, 15) is 10.2 Å². The van der Waals surface area contributed by atoms with Crippen molar-refractivity contribution in [2.45, 2.75) is 18.6 Å². The third-order valence-electron chi connectivity index (χ3n) is 2.16. The Balaban J connectivity index is 2.62. The molecule has 0 aromatic carbocycles. The van der Waals surface area contributed by atoms with Gasteiger partial charge in [-0.05, 0) is 32.1 Å². The van der Waals surface area contributed by atoms with Gasteiger partial charge in [0.1, 0.15) is 6.10 Å². The Labute approximate surface area is 89.0 Å². The molecule has 0 aliphatic heterocycles. The molecule has 1 aromatic rings. The first kappa shape index (κ1) is 11.9. The average molecular weight is 211 g/mol. The van der Waals surface area contributed by atoms with Crippen molar-refractivity contribution in [3.05, 3.63) is 24.0 Å². The topological polar surface area (TPSA) is 91.4 Å². The maximum absolute atomic E-state index is 9.74. The number of pyridine rings is 1. The van der Waals surface area contributed by atoms with Gasteiger partial charge in [-0.2, -0.15) is 0 Å². The first-order valence-electron chi connectivity index (χ1n) is 4.87. The van der Waals surface area contributed by atoms with Crippen LogP contribution in [0.25, 0.3) is 0 Å². The van der Waals surface area contributed by atoms with Gasteiger partial charge in [-0.1, -0.05) is 0 Å². The van der Waals surface area contributed by atoms with Crippen molar-refractivity contribution in [1.82, 2.24) is 10.3 Å². The van der Waals surface area contributed by atoms with E-state index in [0.29, 0.717) is 24.3 Å². The number of aliphatic hydroxyl groups excluding tert-OH is 2. The van der Waals surface area contributed by atoms with Gasteiger partial charge in [0.05, 0.1) is 11.8 Å². The third kappa shape index (κ3) is 3.47. The third-order valence-corrected chi connectivity index (χ3v) is 2.16. The van der Waals surface area contributed by atoms with Crippen molar-refractivity contribution < 1.29 is 10.2 Å². The van der Waals surface area contributed by atoms with Crippen LogP contribution in [0.4, 0.5) is 5.69 Å². The number of hydrogen-bond acceptors (Lipinski definition) is 5. The van der Waals surface area contributed by atoms with E-state index in [0.717, 1.165) is 0 Å². The van der Waals surface area contributed by atoms with Crippen LogP contribution in [-0.2, 0) is 0 Å². The Morgan fingerprint density at radius 2 is 2.27 bits per heavy atom. The summed E-state index contributed by atoms with van der Waals surface area (Å²) in [5, 5.41) is 22.3. The molecule has 0 bridgehead atoms. The van der Waals surface area contributed by atoms with Crippen LogP contribution in [0.3, 0.4) is 0 Å². The van der Waals surface area contributed by atoms with Gasteiger partial charge in [-0.3, -0.25) is 4.98 Å². The molecule has 84 valence electrons. The normalized spacial score (nSPS) is 14.9. The molecular weight excluding hydrogens is 194 g/mol. The SMILES string of the molecule is CNCCC(O)C(O)c1cc(N)ccn1. The van der Waals surface area contributed by atoms with Gasteiger partial charge in [0.2, 0.25) is 0 Å². The predicted molar refractivity (Wildman–Crippen MR) is 58.2 cm³/mol. The van der Waals surface area contributed by atoms with Gasteiger partial charge in [-0.15, -0.1) is 0 Å². The minimum Gasteiger partial charge on any atom is -0.399 e. The summed E-state index contributed by atoms with van der Waals surface area (Å²) in [6.45, 7) is 0.639. The summed E-state index contributed by atoms with van der Waals surface area (Å²) in [6, 6.07) is 3.20. The van der Waals surface area contributed by atoms with Crippen LogP contribution in [-0.4, -0.2) is 34.9 Å². The van der Waals surface area contributed by atoms with Gasteiger partial charge in [0, 0.05) is 11.9 Å². The fourth-order valence-corrected chi connectivity index (χ4v) is 1.27. The highest BCUT2D eigenvalue weighted by atomic mass is 16.3. The Kier molecular flexibility index (Phi) is 4.48. The molecule has 0 saturated carbocycles. The summed E-state index contributed by atoms with van der Waals surface area (Å²) in [4.78, 5) is 3.96. The molecule has 5 heteroatoms. The van der Waals surface area contributed by atoms with Crippen molar-refractivity contribution in [2.24, 2.45) is 0 Å². The van der Waals surface area contributed by atoms with Crippen molar-refractivity contribution in [3.8, 4) is 0 Å². The van der Waals surface area contributed by atoms with Gasteiger partial charge in [-0.25, -0.2) is 0 Å². The highest BCUT2D eigenvalue weighted by Gasteiger charge is 2.18. The highest BCUT2D eigenvalue weighted by molar-refractivity contribution is 5.37. The summed E-state index contributed by atoms with van der Waals surface area (Å²) in [7, 11) is 1.79. The van der Waals surface area contributed by atoms with E-state index in [4.69, 9.17) is 5.73 Å². The second kappa shape index (κ2) is 5.65. The zero-order chi connectivity index (χ0) is 11.3. The average Bonchev–Trinajstić information content (AvgIpc) is 2.24. The van der Waals surface area contributed by atoms with Crippen LogP contribution in [0.5, 0.6) is 0 Å². The Hall–Kier alpha value is -1.17. The van der Waals surface area contributed by atoms with E-state index in [2.05, 4.69) is 10.3 Å². The molecule has 1 aromatic heterocycles. The van der Waals surface area contributed by atoms with E-state index in [1.807, 2.05) is 0 Å². The fourth-order valence-electron chi connectivity index (χ4n) is 1.27. The number of nitrogens with one attached hydrogen (secondary N) is 1. The van der Waals surface area contributed by atoms with E-state index in [-0.39, 0.29) is 0 Å². The minimum absolute atomic E-state index is 0.401. The lowest BCUT2D eigenvalue weighted by Crippen LogP contribution is -2.24. The molecule has 0 spiro atoms. The maximum atomic E-state index is 9.74. The Morgan fingerprint density at radius 1 is 1.53 bits per heavy atom. The number of aliphatic hydroxyl groups is 2. The molecule has 2 unspecified atom stereocenters. The summed E-state index contributed by atoms with van der Waals surface area (Å²) < 4.78 is 0. The summed E-state index contributed by atoms with van der Waals surface area (Å²) in [5.74, 6) is 0. The second-order valence-electron chi connectivity index (χ2n) is 3.42. The molecule has 0 aliphatic carbocycles. The van der Waals surface area contributed by atoms with Gasteiger partial charge >= 0.3 is 0 Å². The zero-order valence-electron chi connectivity index (χ0n) is 8.72. The molecule has 0 amide bonds. The number of nitrogen functional groups attached to an aromatic ring is 1. The molecule has 15 heavy (non-hydrogen) atoms. The second-order valence-corrected chi connectivity index (χ2v) is 3.42. The molecule has 0 radical (unpaired) electrons. The first-order chi connectivity index (χ1) is 7.15. The number of nitrogens with two attached hydrogens (primary N) is 1. The maximum Gasteiger partial charge on any atom is 0.122 e. The Morgan fingerprint density at radius 3 is 2.87 bits per heavy atom. The quantitative estimate of drug-likeness (QED) is 0.535. The lowest BCUT2D eigenvalue weighted by atomic mass is 10.1. The van der Waals surface area contributed by atoms with Crippen LogP contribution in [0.1, 0.15) is 18.2 Å². The molecule has 1 rings (SSSR count). The zero-order valence-corrected chi connectivity index (χ0v) is 8.72. The van der Waals surface area contributed by atoms with Crippen LogP contribution in [0.2, 0.25) is 0 Å². The number of rotatable bonds is 5. The molecular formula is C10H17N3O2. The number of anilines is 1. The van der Waals surface area contributed by atoms with E-state index >= 15 is 0 Å². The van der Waals surface area contributed by atoms with Crippen molar-refractivity contribution in [3.63, 3.8) is 0 Å². The van der Waals surface area contributed by atoms with Crippen LogP contribution in [0.15, 0.2) is 18.3 Å². The monoisotopic (exact) mass is 211 g/mol. The van der Waals surface area contributed by atoms with Crippen molar-refractivity contribution in [2.75, 3.05) is 19.3 Å². The summed E-state index contributed by atoms with van der Waals surface area (Å²) in [6.07, 6.45) is 0.168. The number of nitrogens with zero attached hydrogens (tertiary/aromatic N) is 1. The number of hydrogen-bond donors (Lipinski definition) is 4. The van der Waals surface area contributed by atoms with Crippen LogP contribution < -0.4 is 11.1 Å². The lowest BCUT2D eigenvalue weighted by Gasteiger charge is -2.17. The van der Waals surface area contributed by atoms with Gasteiger partial charge in [0.15, 0.2) is 0 Å². The van der Waals surface area contributed by atoms with Gasteiger partial charge < -0.3 is 21.3 Å². The summed E-state index contributed by atoms with van der Waals surface area (Å²) >= 11 is 0. The molecule has 0 fully saturated rings. The standard InChI is InChI=1S/C10H17N3O2/c1-12-4-3-9(14)10(15)8-6-7(11)2-5-13-8/h2,5-6,9-10,12,14-15H,3-4H2,1H3,(H2,11,13). The molecule has 0 aliphatic rings. The fraction of sp³-hybridized carbons (Fsp3) is 0.500. The van der Waals surface area contributed by atoms with E-state index in [1.54, 1.807) is 19.2 Å². The number of aromatic nitrogens is 1. The highest BCUT2D eigenvalue weighted by Crippen LogP contribution is 2.18. The van der Waals surface area contributed by atoms with E-state index in [1.165, 1.54) is 6.20 Å². The van der Waals surface area contributed by atoms with Gasteiger partial charge in [0.25, 0.3) is 0 Å². The molecule has 2 atom stereocenters. The first-order valence-corrected chi connectivity index (χ1v) is 4.87. The minimum atomic E-state index is -0.984. The molecule has 5 nitrogen and oxygen atoms in total. The molecule has 1 heterocycles. The molecule has 0 saturated heterocycles. The van der Waals surface area contributed by atoms with Crippen LogP contribution >= 0.6 is 0 Å². The smallest absolute Gasteiger partial charge is 0.122 e. The lowest BCUT2D eigenvalue weighted by molar-refractivity contribution is 0.0116.